The average molecular weight is 258 g/mol. The van der Waals surface area contributed by atoms with E-state index < -0.39 is 36.0 Å². The average Bonchev–Trinajstić information content (AvgIpc) is 2.71. The van der Waals surface area contributed by atoms with Gasteiger partial charge in [-0.25, -0.2) is 4.79 Å². The van der Waals surface area contributed by atoms with Crippen LogP contribution < -0.4 is 0 Å². The van der Waals surface area contributed by atoms with Gasteiger partial charge in [0.05, 0.1) is 11.8 Å². The molecule has 1 saturated heterocycles. The van der Waals surface area contributed by atoms with E-state index in [2.05, 4.69) is 4.74 Å². The molecule has 0 aromatic rings. The van der Waals surface area contributed by atoms with E-state index in [9.17, 15) is 14.4 Å². The molecule has 1 unspecified atom stereocenters. The third-order valence-electron chi connectivity index (χ3n) is 2.88. The Labute approximate surface area is 106 Å². The van der Waals surface area contributed by atoms with E-state index in [4.69, 9.17) is 9.47 Å². The maximum atomic E-state index is 11.6. The summed E-state index contributed by atoms with van der Waals surface area (Å²) >= 11 is 0. The van der Waals surface area contributed by atoms with E-state index in [-0.39, 0.29) is 13.0 Å². The molecule has 1 aliphatic heterocycles. The normalized spacial score (nSPS) is 19.3. The highest BCUT2D eigenvalue weighted by Crippen LogP contribution is 2.21. The van der Waals surface area contributed by atoms with Crippen molar-refractivity contribution < 1.29 is 28.6 Å². The molecular weight excluding hydrogens is 240 g/mol. The van der Waals surface area contributed by atoms with Crippen molar-refractivity contribution in [3.63, 3.8) is 0 Å². The second-order valence-corrected chi connectivity index (χ2v) is 4.81. The van der Waals surface area contributed by atoms with Crippen LogP contribution in [0.15, 0.2) is 0 Å². The molecule has 6 heteroatoms. The fourth-order valence-electron chi connectivity index (χ4n) is 1.25. The molecule has 0 aliphatic carbocycles. The number of ether oxygens (including phenoxy) is 3. The van der Waals surface area contributed by atoms with Crippen LogP contribution >= 0.6 is 0 Å². The van der Waals surface area contributed by atoms with Crippen LogP contribution in [0.5, 0.6) is 0 Å². The first kappa shape index (κ1) is 14.5. The van der Waals surface area contributed by atoms with Gasteiger partial charge in [0.2, 0.25) is 0 Å². The fourth-order valence-corrected chi connectivity index (χ4v) is 1.25. The van der Waals surface area contributed by atoms with Gasteiger partial charge in [-0.15, -0.1) is 0 Å². The quantitative estimate of drug-likeness (QED) is 0.536. The van der Waals surface area contributed by atoms with Gasteiger partial charge in [-0.1, -0.05) is 6.92 Å². The molecule has 0 aromatic heterocycles. The van der Waals surface area contributed by atoms with Crippen molar-refractivity contribution in [1.29, 1.82) is 0 Å². The third-order valence-corrected chi connectivity index (χ3v) is 2.88. The molecule has 0 radical (unpaired) electrons. The van der Waals surface area contributed by atoms with Gasteiger partial charge in [0.25, 0.3) is 0 Å². The SMILES string of the molecule is CCC(C)(C)C(=O)OCC(=O)OC1COC(=O)C1. The summed E-state index contributed by atoms with van der Waals surface area (Å²) in [6.07, 6.45) is 0.106. The zero-order valence-electron chi connectivity index (χ0n) is 10.9. The summed E-state index contributed by atoms with van der Waals surface area (Å²) in [6, 6.07) is 0. The molecule has 0 amide bonds. The summed E-state index contributed by atoms with van der Waals surface area (Å²) in [5.74, 6) is -1.50. The zero-order valence-corrected chi connectivity index (χ0v) is 10.9. The highest BCUT2D eigenvalue weighted by Gasteiger charge is 2.30. The maximum Gasteiger partial charge on any atom is 0.344 e. The summed E-state index contributed by atoms with van der Waals surface area (Å²) in [7, 11) is 0. The highest BCUT2D eigenvalue weighted by molar-refractivity contribution is 5.80. The molecular formula is C12H18O6. The number of cyclic esters (lactones) is 1. The number of hydrogen-bond donors (Lipinski definition) is 0. The standard InChI is InChI=1S/C12H18O6/c1-4-12(2,3)11(15)17-7-10(14)18-8-5-9(13)16-6-8/h8H,4-7H2,1-3H3. The molecule has 1 heterocycles. The Hall–Kier alpha value is -1.59. The molecule has 1 atom stereocenters. The molecule has 0 spiro atoms. The Morgan fingerprint density at radius 1 is 1.44 bits per heavy atom. The predicted octanol–water partition coefficient (Wildman–Crippen LogP) is 0.825. The second kappa shape index (κ2) is 5.84. The predicted molar refractivity (Wildman–Crippen MR) is 60.5 cm³/mol. The molecule has 18 heavy (non-hydrogen) atoms. The van der Waals surface area contributed by atoms with E-state index in [0.717, 1.165) is 0 Å². The van der Waals surface area contributed by atoms with Crippen LogP contribution in [0.4, 0.5) is 0 Å². The van der Waals surface area contributed by atoms with Crippen LogP contribution in [-0.4, -0.2) is 37.2 Å². The molecule has 0 N–H and O–H groups in total. The number of rotatable bonds is 5. The van der Waals surface area contributed by atoms with Crippen molar-refractivity contribution in [2.45, 2.75) is 39.7 Å². The van der Waals surface area contributed by atoms with Crippen molar-refractivity contribution in [2.75, 3.05) is 13.2 Å². The highest BCUT2D eigenvalue weighted by atomic mass is 16.6. The summed E-state index contributed by atoms with van der Waals surface area (Å²) in [5, 5.41) is 0. The molecule has 0 aromatic carbocycles. The summed E-state index contributed by atoms with van der Waals surface area (Å²) in [5.41, 5.74) is -0.618. The van der Waals surface area contributed by atoms with Crippen LogP contribution in [0, 0.1) is 5.41 Å². The Morgan fingerprint density at radius 3 is 2.61 bits per heavy atom. The first-order chi connectivity index (χ1) is 8.35. The van der Waals surface area contributed by atoms with Crippen molar-refractivity contribution in [1.82, 2.24) is 0 Å². The molecule has 1 aliphatic rings. The monoisotopic (exact) mass is 258 g/mol. The molecule has 1 fully saturated rings. The zero-order chi connectivity index (χ0) is 13.8. The number of carbonyl (C=O) groups is 3. The molecule has 0 saturated carbocycles. The van der Waals surface area contributed by atoms with Gasteiger partial charge in [0.1, 0.15) is 12.7 Å². The van der Waals surface area contributed by atoms with Crippen molar-refractivity contribution in [3.8, 4) is 0 Å². The van der Waals surface area contributed by atoms with E-state index in [0.29, 0.717) is 6.42 Å². The molecule has 0 bridgehead atoms. The Balaban J connectivity index is 2.29. The molecule has 6 nitrogen and oxygen atoms in total. The van der Waals surface area contributed by atoms with Gasteiger partial charge in [-0.05, 0) is 20.3 Å². The Bertz CT molecular complexity index is 346. The minimum atomic E-state index is -0.668. The van der Waals surface area contributed by atoms with Gasteiger partial charge in [-0.3, -0.25) is 9.59 Å². The van der Waals surface area contributed by atoms with Crippen LogP contribution in [0.2, 0.25) is 0 Å². The summed E-state index contributed by atoms with van der Waals surface area (Å²) < 4.78 is 14.4. The minimum Gasteiger partial charge on any atom is -0.462 e. The van der Waals surface area contributed by atoms with Gasteiger partial charge in [-0.2, -0.15) is 0 Å². The lowest BCUT2D eigenvalue weighted by Gasteiger charge is -2.20. The van der Waals surface area contributed by atoms with Crippen molar-refractivity contribution in [2.24, 2.45) is 5.41 Å². The van der Waals surface area contributed by atoms with E-state index in [1.807, 2.05) is 6.92 Å². The van der Waals surface area contributed by atoms with Gasteiger partial charge in [0.15, 0.2) is 6.61 Å². The van der Waals surface area contributed by atoms with Crippen molar-refractivity contribution >= 4 is 17.9 Å². The van der Waals surface area contributed by atoms with Crippen LogP contribution in [0.25, 0.3) is 0 Å². The second-order valence-electron chi connectivity index (χ2n) is 4.81. The van der Waals surface area contributed by atoms with Crippen LogP contribution in [0.3, 0.4) is 0 Å². The van der Waals surface area contributed by atoms with Crippen molar-refractivity contribution in [3.05, 3.63) is 0 Å². The summed E-state index contributed by atoms with van der Waals surface area (Å²) in [6.45, 7) is 4.97. The van der Waals surface area contributed by atoms with Gasteiger partial charge in [0, 0.05) is 0 Å². The first-order valence-corrected chi connectivity index (χ1v) is 5.87. The number of esters is 3. The Morgan fingerprint density at radius 2 is 2.11 bits per heavy atom. The molecule has 1 rings (SSSR count). The first-order valence-electron chi connectivity index (χ1n) is 5.87. The largest absolute Gasteiger partial charge is 0.462 e. The van der Waals surface area contributed by atoms with E-state index in [1.165, 1.54) is 0 Å². The van der Waals surface area contributed by atoms with E-state index in [1.54, 1.807) is 13.8 Å². The lowest BCUT2D eigenvalue weighted by molar-refractivity contribution is -0.167. The van der Waals surface area contributed by atoms with Gasteiger partial charge >= 0.3 is 17.9 Å². The van der Waals surface area contributed by atoms with E-state index >= 15 is 0 Å². The number of carbonyl (C=O) groups excluding carboxylic acids is 3. The fraction of sp³-hybridized carbons (Fsp3) is 0.750. The Kier molecular flexibility index (Phi) is 4.69. The maximum absolute atomic E-state index is 11.6. The van der Waals surface area contributed by atoms with Crippen LogP contribution in [0.1, 0.15) is 33.6 Å². The van der Waals surface area contributed by atoms with Crippen LogP contribution in [-0.2, 0) is 28.6 Å². The topological polar surface area (TPSA) is 78.9 Å². The van der Waals surface area contributed by atoms with Gasteiger partial charge < -0.3 is 14.2 Å². The summed E-state index contributed by atoms with van der Waals surface area (Å²) in [4.78, 5) is 33.7. The smallest absolute Gasteiger partial charge is 0.344 e. The lowest BCUT2D eigenvalue weighted by Crippen LogP contribution is -2.29. The molecule has 102 valence electrons. The lowest BCUT2D eigenvalue weighted by atomic mass is 9.91. The third kappa shape index (κ3) is 4.01. The number of hydrogen-bond acceptors (Lipinski definition) is 6. The minimum absolute atomic E-state index is 0.0557.